The van der Waals surface area contributed by atoms with E-state index in [4.69, 9.17) is 16.3 Å². The van der Waals surface area contributed by atoms with Gasteiger partial charge in [-0.15, -0.1) is 0 Å². The van der Waals surface area contributed by atoms with Crippen LogP contribution in [0.4, 0.5) is 5.69 Å². The van der Waals surface area contributed by atoms with Gasteiger partial charge in [0, 0.05) is 35.9 Å². The summed E-state index contributed by atoms with van der Waals surface area (Å²) < 4.78 is 5.33. The van der Waals surface area contributed by atoms with Crippen LogP contribution in [0.2, 0.25) is 5.02 Å². The fraction of sp³-hybridized carbons (Fsp3) is 0.310. The van der Waals surface area contributed by atoms with Crippen molar-refractivity contribution in [2.45, 2.75) is 38.6 Å². The number of carbonyl (C=O) groups excluding carboxylic acids is 2. The van der Waals surface area contributed by atoms with Crippen molar-refractivity contribution in [3.8, 4) is 5.75 Å². The first-order valence-electron chi connectivity index (χ1n) is 12.1. The third kappa shape index (κ3) is 6.43. The van der Waals surface area contributed by atoms with Gasteiger partial charge < -0.3 is 14.5 Å². The fourth-order valence-electron chi connectivity index (χ4n) is 4.46. The Bertz CT molecular complexity index is 1160. The number of hydrogen-bond acceptors (Lipinski definition) is 3. The zero-order chi connectivity index (χ0) is 24.6. The zero-order valence-electron chi connectivity index (χ0n) is 20.1. The molecule has 182 valence electrons. The maximum atomic E-state index is 13.6. The Morgan fingerprint density at radius 2 is 1.63 bits per heavy atom. The van der Waals surface area contributed by atoms with Gasteiger partial charge in [0.2, 0.25) is 5.91 Å². The van der Waals surface area contributed by atoms with Gasteiger partial charge in [-0.1, -0.05) is 60.8 Å². The highest BCUT2D eigenvalue weighted by Crippen LogP contribution is 2.27. The molecule has 1 aliphatic heterocycles. The Balaban J connectivity index is 1.62. The van der Waals surface area contributed by atoms with Crippen LogP contribution in [0.15, 0.2) is 72.8 Å². The molecule has 1 heterocycles. The molecule has 5 nitrogen and oxygen atoms in total. The molecule has 4 rings (SSSR count). The molecule has 0 radical (unpaired) electrons. The highest BCUT2D eigenvalue weighted by Gasteiger charge is 2.23. The van der Waals surface area contributed by atoms with E-state index in [1.165, 1.54) is 0 Å². The van der Waals surface area contributed by atoms with Crippen LogP contribution in [0, 0.1) is 0 Å². The summed E-state index contributed by atoms with van der Waals surface area (Å²) in [4.78, 5) is 30.7. The maximum Gasteiger partial charge on any atom is 0.258 e. The number of anilines is 1. The van der Waals surface area contributed by atoms with E-state index >= 15 is 0 Å². The highest BCUT2D eigenvalue weighted by atomic mass is 35.5. The summed E-state index contributed by atoms with van der Waals surface area (Å²) in [5.74, 6) is 0.669. The monoisotopic (exact) mass is 490 g/mol. The largest absolute Gasteiger partial charge is 0.497 e. The molecule has 0 bridgehead atoms. The predicted octanol–water partition coefficient (Wildman–Crippen LogP) is 6.14. The van der Waals surface area contributed by atoms with Gasteiger partial charge in [-0.05, 0) is 60.4 Å². The Labute approximate surface area is 212 Å². The van der Waals surface area contributed by atoms with E-state index in [-0.39, 0.29) is 11.8 Å². The first-order valence-corrected chi connectivity index (χ1v) is 12.5. The van der Waals surface area contributed by atoms with Crippen LogP contribution in [0.5, 0.6) is 5.75 Å². The number of nitrogens with zero attached hydrogens (tertiary/aromatic N) is 2. The predicted molar refractivity (Wildman–Crippen MR) is 140 cm³/mol. The van der Waals surface area contributed by atoms with E-state index in [0.29, 0.717) is 42.4 Å². The van der Waals surface area contributed by atoms with Gasteiger partial charge in [0.1, 0.15) is 5.75 Å². The molecule has 3 aromatic rings. The zero-order valence-corrected chi connectivity index (χ0v) is 20.8. The third-order valence-corrected chi connectivity index (χ3v) is 6.64. The molecule has 0 spiro atoms. The second-order valence-electron chi connectivity index (χ2n) is 8.85. The van der Waals surface area contributed by atoms with Gasteiger partial charge in [0.25, 0.3) is 5.91 Å². The molecule has 0 saturated heterocycles. The summed E-state index contributed by atoms with van der Waals surface area (Å²) in [6.45, 7) is 1.79. The molecule has 1 aliphatic rings. The number of para-hydroxylation sites is 1. The van der Waals surface area contributed by atoms with Crippen LogP contribution in [-0.4, -0.2) is 36.9 Å². The van der Waals surface area contributed by atoms with Gasteiger partial charge in [-0.3, -0.25) is 9.59 Å². The fourth-order valence-corrected chi connectivity index (χ4v) is 4.59. The average Bonchev–Trinajstić information content (AvgIpc) is 2.93. The molecule has 0 N–H and O–H groups in total. The number of halogens is 1. The van der Waals surface area contributed by atoms with Crippen molar-refractivity contribution in [2.24, 2.45) is 0 Å². The number of hydrogen-bond donors (Lipinski definition) is 0. The Kier molecular flexibility index (Phi) is 8.43. The van der Waals surface area contributed by atoms with Gasteiger partial charge in [-0.25, -0.2) is 0 Å². The van der Waals surface area contributed by atoms with E-state index in [0.717, 1.165) is 42.5 Å². The van der Waals surface area contributed by atoms with E-state index in [9.17, 15) is 9.59 Å². The van der Waals surface area contributed by atoms with Crippen LogP contribution < -0.4 is 9.64 Å². The topological polar surface area (TPSA) is 49.9 Å². The van der Waals surface area contributed by atoms with E-state index in [2.05, 4.69) is 0 Å². The van der Waals surface area contributed by atoms with Crippen LogP contribution in [0.25, 0.3) is 0 Å². The maximum absolute atomic E-state index is 13.6. The van der Waals surface area contributed by atoms with Crippen molar-refractivity contribution in [2.75, 3.05) is 25.1 Å². The molecule has 35 heavy (non-hydrogen) atoms. The summed E-state index contributed by atoms with van der Waals surface area (Å²) in [7, 11) is 1.60. The molecule has 0 aliphatic carbocycles. The van der Waals surface area contributed by atoms with Crippen molar-refractivity contribution in [1.82, 2.24) is 4.90 Å². The van der Waals surface area contributed by atoms with Crippen LogP contribution in [0.3, 0.4) is 0 Å². The lowest BCUT2D eigenvalue weighted by Gasteiger charge is -2.28. The summed E-state index contributed by atoms with van der Waals surface area (Å²) >= 11 is 6.01. The van der Waals surface area contributed by atoms with Crippen molar-refractivity contribution in [1.29, 1.82) is 0 Å². The normalized spacial score (nSPS) is 14.6. The third-order valence-electron chi connectivity index (χ3n) is 6.39. The second-order valence-corrected chi connectivity index (χ2v) is 9.29. The van der Waals surface area contributed by atoms with Crippen LogP contribution >= 0.6 is 11.6 Å². The Morgan fingerprint density at radius 3 is 2.40 bits per heavy atom. The lowest BCUT2D eigenvalue weighted by atomic mass is 10.1. The smallest absolute Gasteiger partial charge is 0.258 e. The molecule has 3 aromatic carbocycles. The Hall–Kier alpha value is -3.31. The van der Waals surface area contributed by atoms with Crippen molar-refractivity contribution < 1.29 is 14.3 Å². The molecular formula is C29H31ClN2O3. The first-order chi connectivity index (χ1) is 17.0. The molecule has 0 unspecified atom stereocenters. The highest BCUT2D eigenvalue weighted by molar-refractivity contribution is 6.30. The Morgan fingerprint density at radius 1 is 0.886 bits per heavy atom. The minimum Gasteiger partial charge on any atom is -0.497 e. The van der Waals surface area contributed by atoms with E-state index in [1.807, 2.05) is 76.5 Å². The van der Waals surface area contributed by atoms with E-state index in [1.54, 1.807) is 13.2 Å². The summed E-state index contributed by atoms with van der Waals surface area (Å²) in [5.41, 5.74) is 3.35. The summed E-state index contributed by atoms with van der Waals surface area (Å²) in [5, 5.41) is 0.658. The van der Waals surface area contributed by atoms with Gasteiger partial charge >= 0.3 is 0 Å². The number of ether oxygens (including phenoxy) is 1. The summed E-state index contributed by atoms with van der Waals surface area (Å²) in [6, 6.07) is 22.6. The molecular weight excluding hydrogens is 460 g/mol. The van der Waals surface area contributed by atoms with Crippen LogP contribution in [-0.2, 0) is 17.8 Å². The average molecular weight is 491 g/mol. The number of methoxy groups -OCH3 is 1. The SMILES string of the molecule is COc1cccc(C(=O)N2CCCCCCN(C(=O)Cc3ccc(Cl)cc3)Cc3ccccc32)c1. The molecule has 0 saturated carbocycles. The number of fused-ring (bicyclic) bond motifs is 1. The van der Waals surface area contributed by atoms with Crippen molar-refractivity contribution in [3.05, 3.63) is 94.5 Å². The minimum atomic E-state index is -0.0605. The van der Waals surface area contributed by atoms with Crippen molar-refractivity contribution in [3.63, 3.8) is 0 Å². The van der Waals surface area contributed by atoms with Crippen LogP contribution in [0.1, 0.15) is 47.2 Å². The molecule has 2 amide bonds. The van der Waals surface area contributed by atoms with Gasteiger partial charge in [-0.2, -0.15) is 0 Å². The standard InChI is InChI=1S/C29H31ClN2O3/c1-35-26-11-8-10-23(20-26)29(34)32-18-7-3-2-6-17-31(21-24-9-4-5-12-27(24)32)28(33)19-22-13-15-25(30)16-14-22/h4-5,8-16,20H,2-3,6-7,17-19,21H2,1H3. The van der Waals surface area contributed by atoms with Gasteiger partial charge in [0.05, 0.1) is 13.5 Å². The van der Waals surface area contributed by atoms with Gasteiger partial charge in [0.15, 0.2) is 0 Å². The molecule has 0 fully saturated rings. The quantitative estimate of drug-likeness (QED) is 0.441. The second kappa shape index (κ2) is 11.9. The first kappa shape index (κ1) is 24.8. The summed E-state index contributed by atoms with van der Waals surface area (Å²) in [6.07, 6.45) is 4.19. The lowest BCUT2D eigenvalue weighted by molar-refractivity contribution is -0.131. The molecule has 0 aromatic heterocycles. The number of rotatable bonds is 4. The minimum absolute atomic E-state index is 0.0605. The number of amides is 2. The van der Waals surface area contributed by atoms with E-state index < -0.39 is 0 Å². The molecule has 0 atom stereocenters. The number of carbonyl (C=O) groups is 2. The molecule has 6 heteroatoms. The number of benzene rings is 3. The lowest BCUT2D eigenvalue weighted by Crippen LogP contribution is -2.35. The van der Waals surface area contributed by atoms with Crippen molar-refractivity contribution >= 4 is 29.1 Å².